The van der Waals surface area contributed by atoms with E-state index in [0.717, 1.165) is 18.4 Å². The van der Waals surface area contributed by atoms with E-state index in [1.165, 1.54) is 12.1 Å². The lowest BCUT2D eigenvalue weighted by molar-refractivity contribution is -0.318. The number of benzene rings is 1. The maximum Gasteiger partial charge on any atom is 0.383 e. The van der Waals surface area contributed by atoms with E-state index >= 15 is 0 Å². The molecule has 35 heavy (non-hydrogen) atoms. The van der Waals surface area contributed by atoms with Gasteiger partial charge in [0.05, 0.1) is 23.7 Å². The third kappa shape index (κ3) is 7.48. The number of hydrogen-bond donors (Lipinski definition) is 0. The minimum Gasteiger partial charge on any atom is -0.317 e. The van der Waals surface area contributed by atoms with Gasteiger partial charge >= 0.3 is 12.2 Å². The second-order valence-corrected chi connectivity index (χ2v) is 9.96. The highest BCUT2D eigenvalue weighted by atomic mass is 19.3. The van der Waals surface area contributed by atoms with Crippen LogP contribution in [-0.2, 0) is 22.0 Å². The van der Waals surface area contributed by atoms with Crippen molar-refractivity contribution in [1.82, 2.24) is 0 Å². The van der Waals surface area contributed by atoms with Crippen molar-refractivity contribution in [2.45, 2.75) is 108 Å². The van der Waals surface area contributed by atoms with E-state index in [2.05, 4.69) is 6.58 Å². The predicted octanol–water partition coefficient (Wildman–Crippen LogP) is 8.64. The number of halogens is 6. The average molecular weight is 507 g/mol. The van der Waals surface area contributed by atoms with Crippen LogP contribution in [0.5, 0.6) is 0 Å². The zero-order valence-corrected chi connectivity index (χ0v) is 20.3. The van der Waals surface area contributed by atoms with E-state index in [1.807, 2.05) is 6.92 Å². The maximum absolute atomic E-state index is 14.8. The molecule has 3 rings (SSSR count). The number of alkyl halides is 6. The van der Waals surface area contributed by atoms with Gasteiger partial charge in [-0.15, -0.1) is 6.58 Å². The van der Waals surface area contributed by atoms with Gasteiger partial charge in [-0.2, -0.15) is 17.6 Å². The van der Waals surface area contributed by atoms with Crippen molar-refractivity contribution in [3.63, 3.8) is 0 Å². The van der Waals surface area contributed by atoms with Gasteiger partial charge in [-0.05, 0) is 63.4 Å². The summed E-state index contributed by atoms with van der Waals surface area (Å²) in [6, 6.07) is 5.95. The van der Waals surface area contributed by atoms with Crippen molar-refractivity contribution in [3.05, 3.63) is 48.0 Å². The standard InChI is InChI=1S/C27H36F6O2/c1-3-5-7-20-12-17-24(18-25(20,28)29)35-27(32,33)22-13-15-23(16-14-22)34-26(30,31)21-10-8-19(6-4-2)9-11-21/h3,8-11,20,22-24H,1,4-7,12-18H2,2H3. The van der Waals surface area contributed by atoms with Gasteiger partial charge < -0.3 is 9.47 Å². The molecule has 0 amide bonds. The van der Waals surface area contributed by atoms with E-state index in [0.29, 0.717) is 6.42 Å². The number of rotatable bonds is 11. The molecular formula is C27H36F6O2. The summed E-state index contributed by atoms with van der Waals surface area (Å²) in [6.07, 6.45) is -5.75. The Bertz CT molecular complexity index is 802. The maximum atomic E-state index is 14.8. The summed E-state index contributed by atoms with van der Waals surface area (Å²) >= 11 is 0. The SMILES string of the molecule is C=CCCC1CCC(OC(F)(F)C2CCC(OC(F)(F)c3ccc(CCC)cc3)CC2)CC1(F)F. The van der Waals surface area contributed by atoms with Gasteiger partial charge in [-0.3, -0.25) is 0 Å². The Kier molecular flexibility index (Phi) is 9.35. The lowest BCUT2D eigenvalue weighted by atomic mass is 9.81. The van der Waals surface area contributed by atoms with Crippen molar-refractivity contribution in [2.75, 3.05) is 0 Å². The van der Waals surface area contributed by atoms with Gasteiger partial charge in [0.2, 0.25) is 0 Å². The Morgan fingerprint density at radius 2 is 1.57 bits per heavy atom. The van der Waals surface area contributed by atoms with Gasteiger partial charge in [0, 0.05) is 12.3 Å². The third-order valence-electron chi connectivity index (χ3n) is 7.27. The quantitative estimate of drug-likeness (QED) is 0.221. The smallest absolute Gasteiger partial charge is 0.317 e. The molecule has 0 N–H and O–H groups in total. The number of allylic oxidation sites excluding steroid dienone is 1. The molecule has 2 nitrogen and oxygen atoms in total. The molecule has 1 aromatic rings. The molecule has 8 heteroatoms. The zero-order chi connectivity index (χ0) is 25.7. The summed E-state index contributed by atoms with van der Waals surface area (Å²) in [5.41, 5.74) is 0.690. The Balaban J connectivity index is 1.50. The highest BCUT2D eigenvalue weighted by molar-refractivity contribution is 5.24. The summed E-state index contributed by atoms with van der Waals surface area (Å²) in [4.78, 5) is 0. The molecule has 198 valence electrons. The number of hydrogen-bond acceptors (Lipinski definition) is 2. The van der Waals surface area contributed by atoms with Crippen molar-refractivity contribution in [2.24, 2.45) is 11.8 Å². The minimum atomic E-state index is -3.59. The largest absolute Gasteiger partial charge is 0.383 e. The molecule has 2 unspecified atom stereocenters. The Morgan fingerprint density at radius 1 is 0.943 bits per heavy atom. The van der Waals surface area contributed by atoms with Crippen molar-refractivity contribution < 1.29 is 35.8 Å². The van der Waals surface area contributed by atoms with E-state index in [9.17, 15) is 26.3 Å². The second kappa shape index (κ2) is 11.7. The molecule has 0 aliphatic heterocycles. The molecule has 0 radical (unpaired) electrons. The summed E-state index contributed by atoms with van der Waals surface area (Å²) in [5.74, 6) is -5.13. The Hall–Kier alpha value is -1.54. The zero-order valence-electron chi connectivity index (χ0n) is 20.3. The number of aryl methyl sites for hydroxylation is 1. The fourth-order valence-electron chi connectivity index (χ4n) is 5.21. The molecular weight excluding hydrogens is 470 g/mol. The van der Waals surface area contributed by atoms with Crippen LogP contribution >= 0.6 is 0 Å². The van der Waals surface area contributed by atoms with Crippen LogP contribution in [0.15, 0.2) is 36.9 Å². The molecule has 0 heterocycles. The average Bonchev–Trinajstić information content (AvgIpc) is 2.78. The molecule has 2 fully saturated rings. The van der Waals surface area contributed by atoms with Gasteiger partial charge in [-0.1, -0.05) is 43.7 Å². The Labute approximate surface area is 204 Å². The third-order valence-corrected chi connectivity index (χ3v) is 7.27. The predicted molar refractivity (Wildman–Crippen MR) is 123 cm³/mol. The van der Waals surface area contributed by atoms with Gasteiger partial charge in [0.25, 0.3) is 5.92 Å². The van der Waals surface area contributed by atoms with Crippen molar-refractivity contribution in [1.29, 1.82) is 0 Å². The van der Waals surface area contributed by atoms with Gasteiger partial charge in [0.1, 0.15) is 0 Å². The van der Waals surface area contributed by atoms with Crippen LogP contribution < -0.4 is 0 Å². The normalized spacial score (nSPS) is 27.5. The first-order valence-corrected chi connectivity index (χ1v) is 12.7. The lowest BCUT2D eigenvalue weighted by Gasteiger charge is -2.40. The fraction of sp³-hybridized carbons (Fsp3) is 0.704. The van der Waals surface area contributed by atoms with Crippen LogP contribution in [0.2, 0.25) is 0 Å². The van der Waals surface area contributed by atoms with Gasteiger partial charge in [0.15, 0.2) is 0 Å². The number of ether oxygens (including phenoxy) is 2. The topological polar surface area (TPSA) is 18.5 Å². The van der Waals surface area contributed by atoms with Crippen LogP contribution in [0.1, 0.15) is 82.3 Å². The fourth-order valence-corrected chi connectivity index (χ4v) is 5.21. The molecule has 1 aromatic carbocycles. The van der Waals surface area contributed by atoms with E-state index in [1.54, 1.807) is 18.2 Å². The first-order chi connectivity index (χ1) is 16.5. The second-order valence-electron chi connectivity index (χ2n) is 9.96. The molecule has 2 aliphatic rings. The summed E-state index contributed by atoms with van der Waals surface area (Å²) < 4.78 is 97.6. The Morgan fingerprint density at radius 3 is 2.14 bits per heavy atom. The molecule has 2 atom stereocenters. The first kappa shape index (κ1) is 28.0. The van der Waals surface area contributed by atoms with Crippen LogP contribution in [0.25, 0.3) is 0 Å². The monoisotopic (exact) mass is 506 g/mol. The highest BCUT2D eigenvalue weighted by Crippen LogP contribution is 2.46. The lowest BCUT2D eigenvalue weighted by Crippen LogP contribution is -2.44. The molecule has 0 aromatic heterocycles. The molecule has 2 aliphatic carbocycles. The van der Waals surface area contributed by atoms with Crippen molar-refractivity contribution in [3.8, 4) is 0 Å². The van der Waals surface area contributed by atoms with Crippen LogP contribution in [0.4, 0.5) is 26.3 Å². The van der Waals surface area contributed by atoms with E-state index in [4.69, 9.17) is 9.47 Å². The highest BCUT2D eigenvalue weighted by Gasteiger charge is 2.50. The van der Waals surface area contributed by atoms with Crippen LogP contribution in [-0.4, -0.2) is 24.2 Å². The van der Waals surface area contributed by atoms with E-state index in [-0.39, 0.29) is 50.5 Å². The van der Waals surface area contributed by atoms with Crippen molar-refractivity contribution >= 4 is 0 Å². The van der Waals surface area contributed by atoms with Crippen LogP contribution in [0.3, 0.4) is 0 Å². The first-order valence-electron chi connectivity index (χ1n) is 12.7. The van der Waals surface area contributed by atoms with Crippen LogP contribution in [0, 0.1) is 11.8 Å². The summed E-state index contributed by atoms with van der Waals surface area (Å²) in [7, 11) is 0. The minimum absolute atomic E-state index is 0.0254. The molecule has 0 bridgehead atoms. The summed E-state index contributed by atoms with van der Waals surface area (Å²) in [6.45, 7) is 5.54. The molecule has 2 saturated carbocycles. The molecule has 0 saturated heterocycles. The van der Waals surface area contributed by atoms with E-state index < -0.39 is 48.6 Å². The van der Waals surface area contributed by atoms with Gasteiger partial charge in [-0.25, -0.2) is 8.78 Å². The molecule has 0 spiro atoms. The summed E-state index contributed by atoms with van der Waals surface area (Å²) in [5, 5.41) is 0.